The normalized spacial score (nSPS) is 14.4. The lowest BCUT2D eigenvalue weighted by Crippen LogP contribution is -2.45. The summed E-state index contributed by atoms with van der Waals surface area (Å²) in [6.45, 7) is 6.42. The third-order valence-corrected chi connectivity index (χ3v) is 6.98. The number of pyridine rings is 1. The molecule has 1 fully saturated rings. The van der Waals surface area contributed by atoms with Crippen LogP contribution in [-0.2, 0) is 4.74 Å². The highest BCUT2D eigenvalue weighted by atomic mass is 35.5. The number of nitrogens with one attached hydrogen (secondary N) is 1. The number of nitrogens with zero attached hydrogens (tertiary/aromatic N) is 5. The molecule has 1 N–H and O–H groups in total. The Morgan fingerprint density at radius 2 is 1.77 bits per heavy atom. The molecule has 11 heteroatoms. The van der Waals surface area contributed by atoms with Crippen LogP contribution < -0.4 is 14.8 Å². The van der Waals surface area contributed by atoms with Crippen molar-refractivity contribution in [1.29, 1.82) is 0 Å². The Labute approximate surface area is 237 Å². The van der Waals surface area contributed by atoms with Gasteiger partial charge in [-0.1, -0.05) is 11.6 Å². The van der Waals surface area contributed by atoms with Gasteiger partial charge in [-0.2, -0.15) is 0 Å². The number of benzene rings is 2. The number of aromatic nitrogens is 3. The monoisotopic (exact) mass is 566 g/mol. The van der Waals surface area contributed by atoms with Gasteiger partial charge in [-0.05, 0) is 49.5 Å². The molecule has 0 spiro atoms. The second kappa shape index (κ2) is 13.2. The molecule has 1 aliphatic heterocycles. The Morgan fingerprint density at radius 3 is 2.60 bits per heavy atom. The minimum absolute atomic E-state index is 0.240. The van der Waals surface area contributed by atoms with Crippen molar-refractivity contribution in [2.45, 2.75) is 0 Å². The van der Waals surface area contributed by atoms with Gasteiger partial charge in [-0.15, -0.1) is 10.2 Å². The number of piperazine rings is 1. The summed E-state index contributed by atoms with van der Waals surface area (Å²) < 4.78 is 31.5. The van der Waals surface area contributed by atoms with E-state index in [4.69, 9.17) is 25.8 Å². The van der Waals surface area contributed by atoms with Crippen LogP contribution in [0.1, 0.15) is 0 Å². The van der Waals surface area contributed by atoms with E-state index in [1.807, 2.05) is 24.3 Å². The predicted octanol–water partition coefficient (Wildman–Crippen LogP) is 4.88. The van der Waals surface area contributed by atoms with Crippen molar-refractivity contribution in [2.24, 2.45) is 0 Å². The fourth-order valence-corrected chi connectivity index (χ4v) is 4.63. The van der Waals surface area contributed by atoms with Gasteiger partial charge in [-0.3, -0.25) is 9.88 Å². The van der Waals surface area contributed by atoms with E-state index in [9.17, 15) is 4.39 Å². The summed E-state index contributed by atoms with van der Waals surface area (Å²) in [5, 5.41) is 13.1. The number of fused-ring (bicyclic) bond motifs is 1. The summed E-state index contributed by atoms with van der Waals surface area (Å²) in [7, 11) is 3.74. The Hall–Kier alpha value is -3.57. The molecule has 2 aromatic heterocycles. The van der Waals surface area contributed by atoms with Gasteiger partial charge in [-0.25, -0.2) is 4.39 Å². The zero-order chi connectivity index (χ0) is 27.9. The Kier molecular flexibility index (Phi) is 9.22. The first-order valence-electron chi connectivity index (χ1n) is 13.1. The van der Waals surface area contributed by atoms with Gasteiger partial charge in [0.15, 0.2) is 0 Å². The summed E-state index contributed by atoms with van der Waals surface area (Å²) in [6, 6.07) is 13.7. The second-order valence-electron chi connectivity index (χ2n) is 9.57. The van der Waals surface area contributed by atoms with E-state index in [1.54, 1.807) is 19.4 Å². The van der Waals surface area contributed by atoms with Crippen LogP contribution in [0.4, 0.5) is 15.8 Å². The van der Waals surface area contributed by atoms with Gasteiger partial charge >= 0.3 is 0 Å². The maximum Gasteiger partial charge on any atom is 0.257 e. The van der Waals surface area contributed by atoms with E-state index in [1.165, 1.54) is 18.2 Å². The minimum atomic E-state index is -0.452. The molecule has 0 bridgehead atoms. The topological polar surface area (TPSA) is 84.9 Å². The molecule has 0 amide bonds. The Morgan fingerprint density at radius 1 is 0.925 bits per heavy atom. The number of halogens is 2. The van der Waals surface area contributed by atoms with Crippen molar-refractivity contribution in [3.8, 4) is 22.9 Å². The maximum absolute atomic E-state index is 14.6. The van der Waals surface area contributed by atoms with Gasteiger partial charge in [0.2, 0.25) is 0 Å². The Bertz CT molecular complexity index is 1450. The number of ether oxygens (including phenoxy) is 3. The van der Waals surface area contributed by atoms with E-state index in [0.29, 0.717) is 29.6 Å². The van der Waals surface area contributed by atoms with Crippen LogP contribution in [0, 0.1) is 5.82 Å². The number of hydrogen-bond donors (Lipinski definition) is 1. The average molecular weight is 567 g/mol. The van der Waals surface area contributed by atoms with Gasteiger partial charge in [0.25, 0.3) is 5.88 Å². The zero-order valence-electron chi connectivity index (χ0n) is 22.6. The number of methoxy groups -OCH3 is 1. The molecule has 210 valence electrons. The minimum Gasteiger partial charge on any atom is -0.492 e. The maximum atomic E-state index is 14.6. The summed E-state index contributed by atoms with van der Waals surface area (Å²) in [4.78, 5) is 9.30. The van der Waals surface area contributed by atoms with E-state index < -0.39 is 5.82 Å². The quantitative estimate of drug-likeness (QED) is 0.255. The highest BCUT2D eigenvalue weighted by Crippen LogP contribution is 2.34. The van der Waals surface area contributed by atoms with Crippen LogP contribution in [0.25, 0.3) is 22.2 Å². The number of likely N-dealkylation sites (N-methyl/N-ethyl adjacent to an activating group) is 1. The van der Waals surface area contributed by atoms with Crippen molar-refractivity contribution in [3.63, 3.8) is 0 Å². The van der Waals surface area contributed by atoms with Crippen LogP contribution in [0.2, 0.25) is 5.02 Å². The molecule has 3 heterocycles. The molecule has 4 aromatic rings. The molecular formula is C29H32ClFN6O3. The molecule has 0 unspecified atom stereocenters. The fourth-order valence-electron chi connectivity index (χ4n) is 4.46. The van der Waals surface area contributed by atoms with Gasteiger partial charge < -0.3 is 24.4 Å². The van der Waals surface area contributed by atoms with Gasteiger partial charge in [0.05, 0.1) is 17.8 Å². The van der Waals surface area contributed by atoms with Crippen molar-refractivity contribution in [2.75, 3.05) is 72.0 Å². The van der Waals surface area contributed by atoms with Crippen LogP contribution in [-0.4, -0.2) is 91.7 Å². The van der Waals surface area contributed by atoms with E-state index in [2.05, 4.69) is 37.3 Å². The molecule has 1 saturated heterocycles. The van der Waals surface area contributed by atoms with Crippen LogP contribution >= 0.6 is 11.6 Å². The first-order valence-corrected chi connectivity index (χ1v) is 13.5. The molecule has 2 aromatic carbocycles. The third kappa shape index (κ3) is 6.95. The Balaban J connectivity index is 1.36. The summed E-state index contributed by atoms with van der Waals surface area (Å²) in [5.41, 5.74) is 2.61. The summed E-state index contributed by atoms with van der Waals surface area (Å²) in [6.07, 6.45) is 1.72. The van der Waals surface area contributed by atoms with Crippen LogP contribution in [0.15, 0.2) is 54.7 Å². The SMILES string of the molecule is COCCOc1nnc(-c2cc(Cl)ccc2F)cc1Nc1ccnc2cc(OCCN3CCN(C)CC3)ccc12. The van der Waals surface area contributed by atoms with Crippen LogP contribution in [0.5, 0.6) is 11.6 Å². The van der Waals surface area contributed by atoms with Crippen molar-refractivity contribution < 1.29 is 18.6 Å². The first-order chi connectivity index (χ1) is 19.5. The van der Waals surface area contributed by atoms with Crippen molar-refractivity contribution >= 4 is 33.9 Å². The molecule has 0 atom stereocenters. The predicted molar refractivity (Wildman–Crippen MR) is 154 cm³/mol. The van der Waals surface area contributed by atoms with Crippen LogP contribution in [0.3, 0.4) is 0 Å². The van der Waals surface area contributed by atoms with Gasteiger partial charge in [0, 0.05) is 73.8 Å². The van der Waals surface area contributed by atoms with E-state index in [0.717, 1.165) is 55.1 Å². The molecule has 5 rings (SSSR count). The molecule has 0 aliphatic carbocycles. The second-order valence-corrected chi connectivity index (χ2v) is 10.0. The molecule has 40 heavy (non-hydrogen) atoms. The largest absolute Gasteiger partial charge is 0.492 e. The number of rotatable bonds is 11. The molecule has 1 aliphatic rings. The number of anilines is 2. The molecule has 0 saturated carbocycles. The lowest BCUT2D eigenvalue weighted by atomic mass is 10.1. The molecule has 0 radical (unpaired) electrons. The standard InChI is InChI=1S/C29H32ClFN6O3/c1-36-9-11-37(12-10-36)13-14-39-21-4-5-22-25(7-8-32-26(22)18-21)33-28-19-27(23-17-20(30)3-6-24(23)31)34-35-29(28)40-16-15-38-2/h3-8,17-19H,9-16H2,1-2H3,(H,32,33,34). The third-order valence-electron chi connectivity index (χ3n) is 6.75. The van der Waals surface area contributed by atoms with Crippen molar-refractivity contribution in [1.82, 2.24) is 25.0 Å². The highest BCUT2D eigenvalue weighted by Gasteiger charge is 2.16. The van der Waals surface area contributed by atoms with Crippen molar-refractivity contribution in [3.05, 3.63) is 65.6 Å². The van der Waals surface area contributed by atoms with Gasteiger partial charge in [0.1, 0.15) is 30.5 Å². The van der Waals surface area contributed by atoms with E-state index in [-0.39, 0.29) is 18.1 Å². The first kappa shape index (κ1) is 28.0. The zero-order valence-corrected chi connectivity index (χ0v) is 23.3. The summed E-state index contributed by atoms with van der Waals surface area (Å²) in [5.74, 6) is 0.573. The summed E-state index contributed by atoms with van der Waals surface area (Å²) >= 11 is 6.12. The average Bonchev–Trinajstić information content (AvgIpc) is 2.96. The smallest absolute Gasteiger partial charge is 0.257 e. The highest BCUT2D eigenvalue weighted by molar-refractivity contribution is 6.30. The molecule has 9 nitrogen and oxygen atoms in total. The fraction of sp³-hybridized carbons (Fsp3) is 0.345. The molecular weight excluding hydrogens is 535 g/mol. The number of hydrogen-bond acceptors (Lipinski definition) is 9. The van der Waals surface area contributed by atoms with E-state index >= 15 is 0 Å². The lowest BCUT2D eigenvalue weighted by Gasteiger charge is -2.32. The lowest BCUT2D eigenvalue weighted by molar-refractivity contribution is 0.134.